The van der Waals surface area contributed by atoms with Gasteiger partial charge in [0.2, 0.25) is 0 Å². The molecule has 0 aliphatic carbocycles. The minimum absolute atomic E-state index is 0.774. The van der Waals surface area contributed by atoms with Gasteiger partial charge < -0.3 is 9.47 Å². The van der Waals surface area contributed by atoms with E-state index in [2.05, 4.69) is 19.1 Å². The fourth-order valence-electron chi connectivity index (χ4n) is 1.76. The summed E-state index contributed by atoms with van der Waals surface area (Å²) >= 11 is 0. The molecule has 0 heterocycles. The largest absolute Gasteiger partial charge is 0.493 e. The maximum Gasteiger partial charge on any atom is 0.161 e. The second-order valence-corrected chi connectivity index (χ2v) is 3.50. The summed E-state index contributed by atoms with van der Waals surface area (Å²) in [6.07, 6.45) is 0. The SMILES string of the molecule is COc1cc2cccc(C)c2cc1OC. The summed E-state index contributed by atoms with van der Waals surface area (Å²) < 4.78 is 10.5. The molecule has 0 fully saturated rings. The van der Waals surface area contributed by atoms with Crippen molar-refractivity contribution in [1.29, 1.82) is 0 Å². The van der Waals surface area contributed by atoms with Crippen molar-refractivity contribution in [3.63, 3.8) is 0 Å². The van der Waals surface area contributed by atoms with E-state index in [0.717, 1.165) is 11.5 Å². The number of benzene rings is 2. The van der Waals surface area contributed by atoms with Gasteiger partial charge in [-0.05, 0) is 35.4 Å². The lowest BCUT2D eigenvalue weighted by Gasteiger charge is -2.10. The molecule has 2 rings (SSSR count). The molecule has 0 N–H and O–H groups in total. The summed E-state index contributed by atoms with van der Waals surface area (Å²) in [5, 5.41) is 2.38. The predicted molar refractivity (Wildman–Crippen MR) is 61.8 cm³/mol. The van der Waals surface area contributed by atoms with Crippen molar-refractivity contribution in [3.8, 4) is 11.5 Å². The molecule has 2 nitrogen and oxygen atoms in total. The predicted octanol–water partition coefficient (Wildman–Crippen LogP) is 3.17. The van der Waals surface area contributed by atoms with Crippen LogP contribution < -0.4 is 9.47 Å². The molecule has 0 aromatic heterocycles. The van der Waals surface area contributed by atoms with Gasteiger partial charge >= 0.3 is 0 Å². The lowest BCUT2D eigenvalue weighted by atomic mass is 10.0. The van der Waals surface area contributed by atoms with Crippen molar-refractivity contribution >= 4 is 10.8 Å². The van der Waals surface area contributed by atoms with Crippen LogP contribution in [-0.2, 0) is 0 Å². The summed E-state index contributed by atoms with van der Waals surface area (Å²) in [7, 11) is 3.31. The van der Waals surface area contributed by atoms with Gasteiger partial charge in [-0.2, -0.15) is 0 Å². The molecule has 0 saturated carbocycles. The third kappa shape index (κ3) is 1.63. The Morgan fingerprint density at radius 2 is 1.60 bits per heavy atom. The minimum Gasteiger partial charge on any atom is -0.493 e. The lowest BCUT2D eigenvalue weighted by molar-refractivity contribution is 0.356. The van der Waals surface area contributed by atoms with Crippen LogP contribution in [0.15, 0.2) is 30.3 Å². The average Bonchev–Trinajstić information content (AvgIpc) is 2.28. The smallest absolute Gasteiger partial charge is 0.161 e. The Bertz CT molecular complexity index is 489. The Hall–Kier alpha value is -1.70. The summed E-state index contributed by atoms with van der Waals surface area (Å²) in [6, 6.07) is 10.2. The topological polar surface area (TPSA) is 18.5 Å². The van der Waals surface area contributed by atoms with Crippen molar-refractivity contribution in [2.45, 2.75) is 6.92 Å². The first kappa shape index (κ1) is 9.84. The number of ether oxygens (including phenoxy) is 2. The summed E-state index contributed by atoms with van der Waals surface area (Å²) in [6.45, 7) is 2.09. The fourth-order valence-corrected chi connectivity index (χ4v) is 1.76. The molecular formula is C13H14O2. The molecule has 2 aromatic rings. The van der Waals surface area contributed by atoms with Gasteiger partial charge in [-0.3, -0.25) is 0 Å². The van der Waals surface area contributed by atoms with Crippen LogP contribution in [0.5, 0.6) is 11.5 Å². The van der Waals surface area contributed by atoms with Gasteiger partial charge in [0.1, 0.15) is 0 Å². The molecule has 78 valence electrons. The standard InChI is InChI=1S/C13H14O2/c1-9-5-4-6-10-7-12(14-2)13(15-3)8-11(9)10/h4-8H,1-3H3. The van der Waals surface area contributed by atoms with Gasteiger partial charge in [0.25, 0.3) is 0 Å². The molecule has 0 unspecified atom stereocenters. The van der Waals surface area contributed by atoms with Crippen LogP contribution in [0.1, 0.15) is 5.56 Å². The number of fused-ring (bicyclic) bond motifs is 1. The first-order valence-corrected chi connectivity index (χ1v) is 4.87. The number of aryl methyl sites for hydroxylation is 1. The molecule has 0 aliphatic heterocycles. The maximum atomic E-state index is 5.27. The average molecular weight is 202 g/mol. The molecule has 0 spiro atoms. The Balaban J connectivity index is 2.75. The molecule has 0 saturated heterocycles. The van der Waals surface area contributed by atoms with Gasteiger partial charge in [0, 0.05) is 0 Å². The van der Waals surface area contributed by atoms with Crippen LogP contribution in [-0.4, -0.2) is 14.2 Å². The van der Waals surface area contributed by atoms with Gasteiger partial charge in [0.15, 0.2) is 11.5 Å². The quantitative estimate of drug-likeness (QED) is 0.744. The van der Waals surface area contributed by atoms with E-state index in [0.29, 0.717) is 0 Å². The van der Waals surface area contributed by atoms with Gasteiger partial charge in [-0.1, -0.05) is 18.2 Å². The minimum atomic E-state index is 0.774. The van der Waals surface area contributed by atoms with Crippen LogP contribution in [0.4, 0.5) is 0 Å². The molecule has 0 aliphatic rings. The van der Waals surface area contributed by atoms with E-state index < -0.39 is 0 Å². The van der Waals surface area contributed by atoms with Crippen molar-refractivity contribution in [3.05, 3.63) is 35.9 Å². The van der Waals surface area contributed by atoms with Crippen LogP contribution in [0.25, 0.3) is 10.8 Å². The lowest BCUT2D eigenvalue weighted by Crippen LogP contribution is -1.91. The third-order valence-electron chi connectivity index (χ3n) is 2.60. The number of hydrogen-bond donors (Lipinski definition) is 0. The number of hydrogen-bond acceptors (Lipinski definition) is 2. The first-order valence-electron chi connectivity index (χ1n) is 4.87. The van der Waals surface area contributed by atoms with Gasteiger partial charge in [-0.25, -0.2) is 0 Å². The van der Waals surface area contributed by atoms with E-state index in [9.17, 15) is 0 Å². The normalized spacial score (nSPS) is 10.3. The monoisotopic (exact) mass is 202 g/mol. The van der Waals surface area contributed by atoms with Gasteiger partial charge in [0.05, 0.1) is 14.2 Å². The zero-order valence-corrected chi connectivity index (χ0v) is 9.20. The summed E-state index contributed by atoms with van der Waals surface area (Å²) in [5.74, 6) is 1.55. The third-order valence-corrected chi connectivity index (χ3v) is 2.60. The van der Waals surface area contributed by atoms with Crippen molar-refractivity contribution < 1.29 is 9.47 Å². The van der Waals surface area contributed by atoms with E-state index >= 15 is 0 Å². The summed E-state index contributed by atoms with van der Waals surface area (Å²) in [4.78, 5) is 0. The van der Waals surface area contributed by atoms with Crippen LogP contribution in [0.3, 0.4) is 0 Å². The number of methoxy groups -OCH3 is 2. The van der Waals surface area contributed by atoms with E-state index in [1.165, 1.54) is 16.3 Å². The van der Waals surface area contributed by atoms with E-state index in [-0.39, 0.29) is 0 Å². The summed E-state index contributed by atoms with van der Waals surface area (Å²) in [5.41, 5.74) is 1.24. The molecule has 0 radical (unpaired) electrons. The van der Waals surface area contributed by atoms with Crippen LogP contribution in [0.2, 0.25) is 0 Å². The Labute approximate surface area is 89.4 Å². The van der Waals surface area contributed by atoms with Crippen LogP contribution in [0, 0.1) is 6.92 Å². The second kappa shape index (κ2) is 3.81. The number of rotatable bonds is 2. The van der Waals surface area contributed by atoms with Crippen molar-refractivity contribution in [1.82, 2.24) is 0 Å². The molecule has 0 amide bonds. The molecule has 2 aromatic carbocycles. The highest BCUT2D eigenvalue weighted by atomic mass is 16.5. The van der Waals surface area contributed by atoms with E-state index in [4.69, 9.17) is 9.47 Å². The van der Waals surface area contributed by atoms with E-state index in [1.807, 2.05) is 18.2 Å². The molecule has 15 heavy (non-hydrogen) atoms. The second-order valence-electron chi connectivity index (χ2n) is 3.50. The highest BCUT2D eigenvalue weighted by Crippen LogP contribution is 2.33. The first-order chi connectivity index (χ1) is 7.26. The maximum absolute atomic E-state index is 5.27. The Morgan fingerprint density at radius 3 is 2.27 bits per heavy atom. The van der Waals surface area contributed by atoms with Crippen LogP contribution >= 0.6 is 0 Å². The molecular weight excluding hydrogens is 188 g/mol. The zero-order valence-electron chi connectivity index (χ0n) is 9.20. The Kier molecular flexibility index (Phi) is 2.50. The zero-order chi connectivity index (χ0) is 10.8. The van der Waals surface area contributed by atoms with Gasteiger partial charge in [-0.15, -0.1) is 0 Å². The van der Waals surface area contributed by atoms with Crippen molar-refractivity contribution in [2.24, 2.45) is 0 Å². The van der Waals surface area contributed by atoms with Crippen molar-refractivity contribution in [2.75, 3.05) is 14.2 Å². The molecule has 0 bridgehead atoms. The highest BCUT2D eigenvalue weighted by Gasteiger charge is 2.06. The Morgan fingerprint density at radius 1 is 0.933 bits per heavy atom. The van der Waals surface area contributed by atoms with E-state index in [1.54, 1.807) is 14.2 Å². The fraction of sp³-hybridized carbons (Fsp3) is 0.231. The molecule has 0 atom stereocenters. The highest BCUT2D eigenvalue weighted by molar-refractivity contribution is 5.88. The molecule has 2 heteroatoms.